The van der Waals surface area contributed by atoms with Crippen LogP contribution in [-0.2, 0) is 0 Å². The molecule has 1 N–H and O–H groups in total. The van der Waals surface area contributed by atoms with Gasteiger partial charge in [0.1, 0.15) is 0 Å². The third-order valence-electron chi connectivity index (χ3n) is 4.63. The summed E-state index contributed by atoms with van der Waals surface area (Å²) in [6.07, 6.45) is 8.28. The highest BCUT2D eigenvalue weighted by Crippen LogP contribution is 2.36. The second-order valence-corrected chi connectivity index (χ2v) is 5.84. The molecule has 0 amide bonds. The molecule has 2 heteroatoms. The molecule has 0 bridgehead atoms. The van der Waals surface area contributed by atoms with E-state index in [1.54, 1.807) is 5.57 Å². The molecule has 3 unspecified atom stereocenters. The van der Waals surface area contributed by atoms with Crippen molar-refractivity contribution in [1.82, 2.24) is 10.2 Å². The first-order chi connectivity index (χ1) is 7.84. The molecule has 3 rings (SSSR count). The van der Waals surface area contributed by atoms with Crippen molar-refractivity contribution in [3.05, 3.63) is 11.6 Å². The Labute approximate surface area is 99.1 Å². The summed E-state index contributed by atoms with van der Waals surface area (Å²) in [6.45, 7) is 7.36. The van der Waals surface area contributed by atoms with Crippen molar-refractivity contribution in [2.24, 2.45) is 11.8 Å². The molecule has 16 heavy (non-hydrogen) atoms. The number of nitrogens with one attached hydrogen (secondary N) is 1. The van der Waals surface area contributed by atoms with Gasteiger partial charge in [0.2, 0.25) is 0 Å². The molecule has 3 aliphatic rings. The van der Waals surface area contributed by atoms with Gasteiger partial charge in [-0.05, 0) is 44.2 Å². The highest BCUT2D eigenvalue weighted by atomic mass is 15.2. The first kappa shape index (κ1) is 10.8. The maximum absolute atomic E-state index is 3.57. The van der Waals surface area contributed by atoms with E-state index in [4.69, 9.17) is 0 Å². The maximum Gasteiger partial charge on any atom is 0.0168 e. The zero-order valence-corrected chi connectivity index (χ0v) is 10.4. The fourth-order valence-electron chi connectivity index (χ4n) is 3.86. The van der Waals surface area contributed by atoms with Gasteiger partial charge in [-0.2, -0.15) is 0 Å². The van der Waals surface area contributed by atoms with Gasteiger partial charge in [-0.15, -0.1) is 0 Å². The van der Waals surface area contributed by atoms with Crippen molar-refractivity contribution in [1.29, 1.82) is 0 Å². The number of piperidine rings is 1. The van der Waals surface area contributed by atoms with E-state index in [-0.39, 0.29) is 0 Å². The quantitative estimate of drug-likeness (QED) is 0.680. The first-order valence-corrected chi connectivity index (χ1v) is 7.00. The first-order valence-electron chi connectivity index (χ1n) is 7.00. The number of hydrogen-bond acceptors (Lipinski definition) is 2. The smallest absolute Gasteiger partial charge is 0.0168 e. The van der Waals surface area contributed by atoms with Crippen molar-refractivity contribution in [3.63, 3.8) is 0 Å². The van der Waals surface area contributed by atoms with Crippen LogP contribution in [0.15, 0.2) is 11.6 Å². The molecule has 0 aliphatic carbocycles. The van der Waals surface area contributed by atoms with Crippen molar-refractivity contribution >= 4 is 0 Å². The molecule has 0 saturated carbocycles. The van der Waals surface area contributed by atoms with Crippen LogP contribution in [0.25, 0.3) is 0 Å². The molecule has 0 aromatic rings. The lowest BCUT2D eigenvalue weighted by atomic mass is 9.84. The number of nitrogens with zero attached hydrogens (tertiary/aromatic N) is 1. The second-order valence-electron chi connectivity index (χ2n) is 5.84. The molecular weight excluding hydrogens is 196 g/mol. The summed E-state index contributed by atoms with van der Waals surface area (Å²) in [5.74, 6) is 1.61. The Bertz CT molecular complexity index is 284. The van der Waals surface area contributed by atoms with E-state index in [0.717, 1.165) is 24.4 Å². The molecule has 0 aromatic carbocycles. The van der Waals surface area contributed by atoms with Crippen LogP contribution in [0.2, 0.25) is 0 Å². The fraction of sp³-hybridized carbons (Fsp3) is 0.857. The lowest BCUT2D eigenvalue weighted by Crippen LogP contribution is -2.39. The summed E-state index contributed by atoms with van der Waals surface area (Å²) in [5.41, 5.74) is 1.72. The minimum Gasteiger partial charge on any atom is -0.312 e. The van der Waals surface area contributed by atoms with Gasteiger partial charge < -0.3 is 5.32 Å². The van der Waals surface area contributed by atoms with E-state index < -0.39 is 0 Å². The number of hydrogen-bond donors (Lipinski definition) is 1. The van der Waals surface area contributed by atoms with Crippen LogP contribution >= 0.6 is 0 Å². The predicted octanol–water partition coefficient (Wildman–Crippen LogP) is 2.03. The zero-order valence-electron chi connectivity index (χ0n) is 10.4. The molecule has 0 radical (unpaired) electrons. The molecular formula is C14H24N2. The number of fused-ring (bicyclic) bond motifs is 1. The second kappa shape index (κ2) is 4.50. The van der Waals surface area contributed by atoms with E-state index >= 15 is 0 Å². The van der Waals surface area contributed by atoms with E-state index in [0.29, 0.717) is 0 Å². The maximum atomic E-state index is 3.57. The molecule has 2 fully saturated rings. The Morgan fingerprint density at radius 1 is 1.25 bits per heavy atom. The summed E-state index contributed by atoms with van der Waals surface area (Å²) < 4.78 is 0. The van der Waals surface area contributed by atoms with Crippen molar-refractivity contribution in [3.8, 4) is 0 Å². The Kier molecular flexibility index (Phi) is 3.03. The van der Waals surface area contributed by atoms with E-state index in [2.05, 4.69) is 23.2 Å². The minimum absolute atomic E-state index is 0.737. The molecule has 3 aliphatic heterocycles. The Morgan fingerprint density at radius 3 is 3.06 bits per heavy atom. The monoisotopic (exact) mass is 220 g/mol. The van der Waals surface area contributed by atoms with Crippen LogP contribution in [0.1, 0.15) is 32.6 Å². The average molecular weight is 220 g/mol. The Morgan fingerprint density at radius 2 is 2.19 bits per heavy atom. The minimum atomic E-state index is 0.737. The lowest BCUT2D eigenvalue weighted by molar-refractivity contribution is 0.179. The normalized spacial score (nSPS) is 40.6. The largest absolute Gasteiger partial charge is 0.312 e. The molecule has 2 nitrogen and oxygen atoms in total. The molecule has 3 heterocycles. The Balaban J connectivity index is 1.74. The van der Waals surface area contributed by atoms with Gasteiger partial charge in [-0.25, -0.2) is 0 Å². The van der Waals surface area contributed by atoms with Gasteiger partial charge >= 0.3 is 0 Å². The molecule has 90 valence electrons. The molecule has 3 atom stereocenters. The van der Waals surface area contributed by atoms with Crippen LogP contribution in [0.4, 0.5) is 0 Å². The highest BCUT2D eigenvalue weighted by molar-refractivity contribution is 5.18. The van der Waals surface area contributed by atoms with Crippen LogP contribution in [0.5, 0.6) is 0 Å². The van der Waals surface area contributed by atoms with Crippen LogP contribution < -0.4 is 5.32 Å². The average Bonchev–Trinajstić information content (AvgIpc) is 2.72. The lowest BCUT2D eigenvalue weighted by Gasteiger charge is -2.34. The summed E-state index contributed by atoms with van der Waals surface area (Å²) in [7, 11) is 0. The van der Waals surface area contributed by atoms with Crippen LogP contribution in [-0.4, -0.2) is 37.1 Å². The third kappa shape index (κ3) is 1.93. The van der Waals surface area contributed by atoms with Gasteiger partial charge in [0.25, 0.3) is 0 Å². The SMILES string of the molecule is CC1C=C(C2CCN3CCCCC23)CNC1. The van der Waals surface area contributed by atoms with Crippen molar-refractivity contribution < 1.29 is 0 Å². The van der Waals surface area contributed by atoms with Gasteiger partial charge in [0.05, 0.1) is 0 Å². The van der Waals surface area contributed by atoms with Crippen molar-refractivity contribution in [2.75, 3.05) is 26.2 Å². The summed E-state index contributed by atoms with van der Waals surface area (Å²) in [6, 6.07) is 0.882. The summed E-state index contributed by atoms with van der Waals surface area (Å²) in [4.78, 5) is 2.74. The third-order valence-corrected chi connectivity index (χ3v) is 4.63. The topological polar surface area (TPSA) is 15.3 Å². The fourth-order valence-corrected chi connectivity index (χ4v) is 3.86. The Hall–Kier alpha value is -0.340. The van der Waals surface area contributed by atoms with Gasteiger partial charge in [-0.3, -0.25) is 4.90 Å². The predicted molar refractivity (Wildman–Crippen MR) is 67.4 cm³/mol. The zero-order chi connectivity index (χ0) is 11.0. The number of rotatable bonds is 1. The van der Waals surface area contributed by atoms with Gasteiger partial charge in [-0.1, -0.05) is 25.0 Å². The van der Waals surface area contributed by atoms with Crippen LogP contribution in [0.3, 0.4) is 0 Å². The molecule has 0 aromatic heterocycles. The molecule has 0 spiro atoms. The standard InChI is InChI=1S/C14H24N2/c1-11-8-12(10-15-9-11)13-5-7-16-6-3-2-4-14(13)16/h8,11,13-15H,2-7,9-10H2,1H3. The highest BCUT2D eigenvalue weighted by Gasteiger charge is 2.37. The van der Waals surface area contributed by atoms with Crippen molar-refractivity contribution in [2.45, 2.75) is 38.6 Å². The summed E-state index contributed by atoms with van der Waals surface area (Å²) in [5, 5.41) is 3.57. The molecule has 2 saturated heterocycles. The van der Waals surface area contributed by atoms with E-state index in [9.17, 15) is 0 Å². The summed E-state index contributed by atoms with van der Waals surface area (Å²) >= 11 is 0. The van der Waals surface area contributed by atoms with E-state index in [1.807, 2.05) is 0 Å². The van der Waals surface area contributed by atoms with E-state index in [1.165, 1.54) is 45.3 Å². The van der Waals surface area contributed by atoms with Gasteiger partial charge in [0.15, 0.2) is 0 Å². The van der Waals surface area contributed by atoms with Gasteiger partial charge in [0, 0.05) is 19.1 Å². The van der Waals surface area contributed by atoms with Crippen LogP contribution in [0, 0.1) is 11.8 Å².